The third-order valence-electron chi connectivity index (χ3n) is 4.80. The van der Waals surface area contributed by atoms with Crippen LogP contribution in [0.3, 0.4) is 0 Å². The van der Waals surface area contributed by atoms with Crippen LogP contribution >= 0.6 is 0 Å². The first-order valence-corrected chi connectivity index (χ1v) is 9.08. The van der Waals surface area contributed by atoms with Gasteiger partial charge in [0.15, 0.2) is 5.82 Å². The molecule has 0 spiro atoms. The molecule has 4 rings (SSSR count). The van der Waals surface area contributed by atoms with Crippen molar-refractivity contribution < 1.29 is 17.6 Å². The molecule has 9 nitrogen and oxygen atoms in total. The highest BCUT2D eigenvalue weighted by Gasteiger charge is 2.38. The maximum Gasteiger partial charge on any atom is 0.470 e. The van der Waals surface area contributed by atoms with Crippen molar-refractivity contribution in [1.82, 2.24) is 34.7 Å². The summed E-state index contributed by atoms with van der Waals surface area (Å²) in [6, 6.07) is 4.86. The number of aromatic nitrogens is 6. The van der Waals surface area contributed by atoms with Gasteiger partial charge in [-0.1, -0.05) is 0 Å². The van der Waals surface area contributed by atoms with Crippen LogP contribution in [0.15, 0.2) is 39.8 Å². The Kier molecular flexibility index (Phi) is 5.18. The second kappa shape index (κ2) is 7.78. The van der Waals surface area contributed by atoms with E-state index in [1.165, 1.54) is 10.7 Å². The molecule has 1 aliphatic rings. The number of nitrogens with zero attached hydrogens (tertiary/aromatic N) is 7. The molecule has 1 fully saturated rings. The molecule has 29 heavy (non-hydrogen) atoms. The molecular formula is C17H18F3N7O2. The summed E-state index contributed by atoms with van der Waals surface area (Å²) in [6.45, 7) is 1.95. The zero-order valence-electron chi connectivity index (χ0n) is 15.3. The number of hydrogen-bond donors (Lipinski definition) is 0. The highest BCUT2D eigenvalue weighted by atomic mass is 19.4. The SMILES string of the molecule is O=c1ccc(-n2cccn2)nn1CC1CCN(Cc2nnc(C(F)(F)F)o2)CC1. The summed E-state index contributed by atoms with van der Waals surface area (Å²) in [6.07, 6.45) is 0.301. The molecule has 0 aliphatic carbocycles. The molecule has 0 amide bonds. The van der Waals surface area contributed by atoms with Crippen LogP contribution in [0.4, 0.5) is 13.2 Å². The summed E-state index contributed by atoms with van der Waals surface area (Å²) in [5, 5.41) is 15.0. The molecule has 0 saturated carbocycles. The topological polar surface area (TPSA) is 94.9 Å². The number of rotatable bonds is 5. The molecule has 1 aliphatic heterocycles. The molecule has 12 heteroatoms. The van der Waals surface area contributed by atoms with Crippen molar-refractivity contribution in [1.29, 1.82) is 0 Å². The largest absolute Gasteiger partial charge is 0.470 e. The van der Waals surface area contributed by atoms with Gasteiger partial charge in [0.25, 0.3) is 5.56 Å². The van der Waals surface area contributed by atoms with Gasteiger partial charge >= 0.3 is 12.1 Å². The Morgan fingerprint density at radius 2 is 1.97 bits per heavy atom. The monoisotopic (exact) mass is 409 g/mol. The molecule has 0 N–H and O–H groups in total. The van der Waals surface area contributed by atoms with Crippen molar-refractivity contribution >= 4 is 0 Å². The van der Waals surface area contributed by atoms with Crippen molar-refractivity contribution in [2.75, 3.05) is 13.1 Å². The number of piperidine rings is 1. The van der Waals surface area contributed by atoms with E-state index in [1.54, 1.807) is 29.2 Å². The first kappa shape index (κ1) is 19.3. The van der Waals surface area contributed by atoms with Gasteiger partial charge in [0.1, 0.15) is 0 Å². The standard InChI is InChI=1S/C17H18F3N7O2/c18-17(19,20)16-23-22-14(29-16)11-25-8-4-12(5-9-25)10-27-15(28)3-2-13(24-27)26-7-1-6-21-26/h1-3,6-7,12H,4-5,8-11H2. The Hall–Kier alpha value is -3.02. The molecule has 0 aromatic carbocycles. The maximum atomic E-state index is 12.5. The van der Waals surface area contributed by atoms with Crippen LogP contribution in [0.2, 0.25) is 0 Å². The number of halogens is 3. The van der Waals surface area contributed by atoms with Gasteiger partial charge in [-0.05, 0) is 44.0 Å². The molecule has 3 aromatic rings. The minimum Gasteiger partial charge on any atom is -0.416 e. The van der Waals surface area contributed by atoms with Crippen molar-refractivity contribution in [2.45, 2.75) is 32.1 Å². The Morgan fingerprint density at radius 1 is 1.17 bits per heavy atom. The number of alkyl halides is 3. The Bertz CT molecular complexity index is 1000. The number of hydrogen-bond acceptors (Lipinski definition) is 7. The Morgan fingerprint density at radius 3 is 2.62 bits per heavy atom. The summed E-state index contributed by atoms with van der Waals surface area (Å²) in [4.78, 5) is 14.1. The second-order valence-corrected chi connectivity index (χ2v) is 6.88. The Balaban J connectivity index is 1.34. The molecule has 0 radical (unpaired) electrons. The summed E-state index contributed by atoms with van der Waals surface area (Å²) >= 11 is 0. The van der Waals surface area contributed by atoms with Gasteiger partial charge in [-0.3, -0.25) is 9.69 Å². The molecule has 154 valence electrons. The molecule has 0 bridgehead atoms. The summed E-state index contributed by atoms with van der Waals surface area (Å²) < 4.78 is 45.3. The highest BCUT2D eigenvalue weighted by molar-refractivity contribution is 5.17. The predicted octanol–water partition coefficient (Wildman–Crippen LogP) is 1.74. The van der Waals surface area contributed by atoms with E-state index in [1.807, 2.05) is 4.90 Å². The second-order valence-electron chi connectivity index (χ2n) is 6.88. The smallest absolute Gasteiger partial charge is 0.416 e. The van der Waals surface area contributed by atoms with Gasteiger partial charge in [-0.2, -0.15) is 18.3 Å². The van der Waals surface area contributed by atoms with Gasteiger partial charge in [0.05, 0.1) is 6.54 Å². The van der Waals surface area contributed by atoms with Crippen LogP contribution in [-0.4, -0.2) is 47.7 Å². The van der Waals surface area contributed by atoms with E-state index in [4.69, 9.17) is 0 Å². The molecule has 3 aromatic heterocycles. The first-order chi connectivity index (χ1) is 13.9. The fraction of sp³-hybridized carbons (Fsp3) is 0.471. The van der Waals surface area contributed by atoms with Gasteiger partial charge in [0, 0.05) is 25.0 Å². The lowest BCUT2D eigenvalue weighted by Gasteiger charge is -2.30. The van der Waals surface area contributed by atoms with E-state index < -0.39 is 12.1 Å². The van der Waals surface area contributed by atoms with Gasteiger partial charge in [0.2, 0.25) is 5.89 Å². The lowest BCUT2D eigenvalue weighted by Crippen LogP contribution is -2.36. The Labute approximate surface area is 162 Å². The zero-order valence-corrected chi connectivity index (χ0v) is 15.3. The quantitative estimate of drug-likeness (QED) is 0.634. The average molecular weight is 409 g/mol. The van der Waals surface area contributed by atoms with Crippen molar-refractivity contribution in [2.24, 2.45) is 5.92 Å². The minimum atomic E-state index is -4.64. The van der Waals surface area contributed by atoms with E-state index in [0.717, 1.165) is 12.8 Å². The lowest BCUT2D eigenvalue weighted by atomic mass is 9.97. The molecule has 0 atom stereocenters. The van der Waals surface area contributed by atoms with Crippen molar-refractivity contribution in [3.63, 3.8) is 0 Å². The minimum absolute atomic E-state index is 0.0550. The third kappa shape index (κ3) is 4.53. The average Bonchev–Trinajstić information content (AvgIpc) is 3.37. The van der Waals surface area contributed by atoms with Crippen LogP contribution in [-0.2, 0) is 19.3 Å². The van der Waals surface area contributed by atoms with E-state index >= 15 is 0 Å². The predicted molar refractivity (Wildman–Crippen MR) is 92.9 cm³/mol. The summed E-state index contributed by atoms with van der Waals surface area (Å²) in [7, 11) is 0. The van der Waals surface area contributed by atoms with Crippen LogP contribution < -0.4 is 5.56 Å². The van der Waals surface area contributed by atoms with Crippen LogP contribution in [0.1, 0.15) is 24.6 Å². The van der Waals surface area contributed by atoms with Crippen LogP contribution in [0.5, 0.6) is 0 Å². The summed E-state index contributed by atoms with van der Waals surface area (Å²) in [5.41, 5.74) is -0.186. The lowest BCUT2D eigenvalue weighted by molar-refractivity contribution is -0.157. The van der Waals surface area contributed by atoms with Crippen LogP contribution in [0.25, 0.3) is 5.82 Å². The van der Waals surface area contributed by atoms with E-state index in [-0.39, 0.29) is 23.9 Å². The molecule has 1 saturated heterocycles. The van der Waals surface area contributed by atoms with E-state index in [9.17, 15) is 18.0 Å². The molecule has 4 heterocycles. The first-order valence-electron chi connectivity index (χ1n) is 9.08. The van der Waals surface area contributed by atoms with Gasteiger partial charge in [-0.25, -0.2) is 9.36 Å². The van der Waals surface area contributed by atoms with Crippen molar-refractivity contribution in [3.05, 3.63) is 52.7 Å². The van der Waals surface area contributed by atoms with Gasteiger partial charge < -0.3 is 4.42 Å². The maximum absolute atomic E-state index is 12.5. The molecule has 0 unspecified atom stereocenters. The zero-order chi connectivity index (χ0) is 20.4. The van der Waals surface area contributed by atoms with Gasteiger partial charge in [-0.15, -0.1) is 15.3 Å². The fourth-order valence-electron chi connectivity index (χ4n) is 3.29. The van der Waals surface area contributed by atoms with Crippen LogP contribution in [0, 0.1) is 5.92 Å². The molecular weight excluding hydrogens is 391 g/mol. The summed E-state index contributed by atoms with van der Waals surface area (Å²) in [5.74, 6) is -0.591. The normalized spacial score (nSPS) is 16.4. The number of likely N-dealkylation sites (tertiary alicyclic amines) is 1. The highest BCUT2D eigenvalue weighted by Crippen LogP contribution is 2.28. The van der Waals surface area contributed by atoms with E-state index in [2.05, 4.69) is 24.8 Å². The van der Waals surface area contributed by atoms with E-state index in [0.29, 0.717) is 25.5 Å². The van der Waals surface area contributed by atoms with Crippen molar-refractivity contribution in [3.8, 4) is 5.82 Å². The third-order valence-corrected chi connectivity index (χ3v) is 4.80. The fourth-order valence-corrected chi connectivity index (χ4v) is 3.29.